The van der Waals surface area contributed by atoms with E-state index in [1.165, 1.54) is 6.26 Å². The minimum absolute atomic E-state index is 0.214. The summed E-state index contributed by atoms with van der Waals surface area (Å²) in [6.45, 7) is 1.88. The van der Waals surface area contributed by atoms with E-state index in [1.54, 1.807) is 32.4 Å². The second kappa shape index (κ2) is 6.14. The van der Waals surface area contributed by atoms with Crippen LogP contribution in [-0.4, -0.2) is 20.1 Å². The third-order valence-corrected chi connectivity index (χ3v) is 3.00. The van der Waals surface area contributed by atoms with Crippen molar-refractivity contribution in [1.29, 1.82) is 0 Å². The van der Waals surface area contributed by atoms with Gasteiger partial charge in [-0.05, 0) is 31.2 Å². The summed E-state index contributed by atoms with van der Waals surface area (Å²) in [5.41, 5.74) is 0.869. The third-order valence-electron chi connectivity index (χ3n) is 3.00. The van der Waals surface area contributed by atoms with Gasteiger partial charge in [-0.3, -0.25) is 4.79 Å². The lowest BCUT2D eigenvalue weighted by Crippen LogP contribution is -2.26. The predicted molar refractivity (Wildman–Crippen MR) is 74.1 cm³/mol. The zero-order valence-corrected chi connectivity index (χ0v) is 11.7. The molecule has 0 aliphatic rings. The monoisotopic (exact) mass is 275 g/mol. The van der Waals surface area contributed by atoms with Crippen LogP contribution >= 0.6 is 0 Å². The molecular weight excluding hydrogens is 258 g/mol. The minimum Gasteiger partial charge on any atom is -0.497 e. The molecule has 0 aliphatic carbocycles. The van der Waals surface area contributed by atoms with Gasteiger partial charge in [0.1, 0.15) is 11.5 Å². The first-order valence-corrected chi connectivity index (χ1v) is 6.22. The van der Waals surface area contributed by atoms with Crippen LogP contribution in [0.15, 0.2) is 41.0 Å². The Morgan fingerprint density at radius 1 is 1.25 bits per heavy atom. The number of ether oxygens (including phenoxy) is 2. The van der Waals surface area contributed by atoms with Crippen LogP contribution in [0.3, 0.4) is 0 Å². The molecule has 1 unspecified atom stereocenters. The summed E-state index contributed by atoms with van der Waals surface area (Å²) < 4.78 is 15.5. The van der Waals surface area contributed by atoms with E-state index in [0.717, 1.165) is 5.56 Å². The van der Waals surface area contributed by atoms with Gasteiger partial charge in [-0.2, -0.15) is 0 Å². The Morgan fingerprint density at radius 3 is 2.65 bits per heavy atom. The highest BCUT2D eigenvalue weighted by Gasteiger charge is 2.17. The van der Waals surface area contributed by atoms with Gasteiger partial charge in [0.15, 0.2) is 5.76 Å². The number of rotatable bonds is 5. The molecule has 2 rings (SSSR count). The summed E-state index contributed by atoms with van der Waals surface area (Å²) in [7, 11) is 3.18. The predicted octanol–water partition coefficient (Wildman–Crippen LogP) is 2.79. The largest absolute Gasteiger partial charge is 0.497 e. The maximum absolute atomic E-state index is 11.9. The van der Waals surface area contributed by atoms with Crippen LogP contribution < -0.4 is 14.8 Å². The van der Waals surface area contributed by atoms with Crippen LogP contribution in [0.5, 0.6) is 11.5 Å². The Kier molecular flexibility index (Phi) is 4.30. The van der Waals surface area contributed by atoms with Gasteiger partial charge < -0.3 is 19.2 Å². The van der Waals surface area contributed by atoms with Gasteiger partial charge in [-0.15, -0.1) is 0 Å². The molecule has 0 saturated carbocycles. The first-order valence-electron chi connectivity index (χ1n) is 6.22. The molecule has 1 aromatic carbocycles. The molecule has 5 nitrogen and oxygen atoms in total. The maximum atomic E-state index is 11.9. The number of methoxy groups -OCH3 is 2. The topological polar surface area (TPSA) is 60.7 Å². The van der Waals surface area contributed by atoms with Crippen molar-refractivity contribution in [2.75, 3.05) is 14.2 Å². The first kappa shape index (κ1) is 14.0. The van der Waals surface area contributed by atoms with Gasteiger partial charge in [-0.1, -0.05) is 0 Å². The van der Waals surface area contributed by atoms with Crippen molar-refractivity contribution in [2.45, 2.75) is 13.0 Å². The lowest BCUT2D eigenvalue weighted by molar-refractivity contribution is 0.0911. The average Bonchev–Trinajstić information content (AvgIpc) is 3.00. The smallest absolute Gasteiger partial charge is 0.287 e. The zero-order valence-electron chi connectivity index (χ0n) is 11.7. The number of hydrogen-bond donors (Lipinski definition) is 1. The SMILES string of the molecule is COc1ccc(C(C)NC(=O)c2ccco2)c(OC)c1. The molecule has 0 radical (unpaired) electrons. The Bertz CT molecular complexity index is 578. The Balaban J connectivity index is 2.16. The highest BCUT2D eigenvalue weighted by atomic mass is 16.5. The Morgan fingerprint density at radius 2 is 2.05 bits per heavy atom. The summed E-state index contributed by atoms with van der Waals surface area (Å²) in [5.74, 6) is 1.39. The number of hydrogen-bond acceptors (Lipinski definition) is 4. The minimum atomic E-state index is -0.264. The van der Waals surface area contributed by atoms with E-state index >= 15 is 0 Å². The maximum Gasteiger partial charge on any atom is 0.287 e. The summed E-state index contributed by atoms with van der Waals surface area (Å²) >= 11 is 0. The van der Waals surface area contributed by atoms with E-state index in [2.05, 4.69) is 5.32 Å². The fourth-order valence-corrected chi connectivity index (χ4v) is 1.93. The van der Waals surface area contributed by atoms with Gasteiger partial charge in [0.2, 0.25) is 0 Å². The van der Waals surface area contributed by atoms with Crippen molar-refractivity contribution >= 4 is 5.91 Å². The second-order valence-electron chi connectivity index (χ2n) is 4.28. The Labute approximate surface area is 117 Å². The molecule has 1 heterocycles. The molecule has 5 heteroatoms. The van der Waals surface area contributed by atoms with E-state index in [4.69, 9.17) is 13.9 Å². The van der Waals surface area contributed by atoms with Crippen molar-refractivity contribution in [2.24, 2.45) is 0 Å². The van der Waals surface area contributed by atoms with Gasteiger partial charge in [-0.25, -0.2) is 0 Å². The lowest BCUT2D eigenvalue weighted by Gasteiger charge is -2.17. The highest BCUT2D eigenvalue weighted by molar-refractivity contribution is 5.91. The molecule has 1 aromatic heterocycles. The molecule has 0 fully saturated rings. The van der Waals surface area contributed by atoms with Crippen LogP contribution in [0.2, 0.25) is 0 Å². The van der Waals surface area contributed by atoms with E-state index in [1.807, 2.05) is 19.1 Å². The van der Waals surface area contributed by atoms with Crippen molar-refractivity contribution in [3.05, 3.63) is 47.9 Å². The summed E-state index contributed by atoms with van der Waals surface area (Å²) in [6, 6.07) is 8.55. The summed E-state index contributed by atoms with van der Waals surface area (Å²) in [4.78, 5) is 11.9. The van der Waals surface area contributed by atoms with Gasteiger partial charge in [0.25, 0.3) is 5.91 Å². The fourth-order valence-electron chi connectivity index (χ4n) is 1.93. The highest BCUT2D eigenvalue weighted by Crippen LogP contribution is 2.29. The van der Waals surface area contributed by atoms with Crippen LogP contribution in [-0.2, 0) is 0 Å². The molecule has 106 valence electrons. The number of amides is 1. The van der Waals surface area contributed by atoms with Gasteiger partial charge in [0, 0.05) is 11.6 Å². The van der Waals surface area contributed by atoms with E-state index < -0.39 is 0 Å². The zero-order chi connectivity index (χ0) is 14.5. The quantitative estimate of drug-likeness (QED) is 0.911. The molecule has 0 aliphatic heterocycles. The molecule has 0 bridgehead atoms. The first-order chi connectivity index (χ1) is 9.65. The summed E-state index contributed by atoms with van der Waals surface area (Å²) in [5, 5.41) is 2.86. The average molecular weight is 275 g/mol. The molecule has 1 N–H and O–H groups in total. The normalized spacial score (nSPS) is 11.8. The van der Waals surface area contributed by atoms with Crippen LogP contribution in [0.1, 0.15) is 29.1 Å². The molecule has 0 spiro atoms. The van der Waals surface area contributed by atoms with E-state index in [9.17, 15) is 4.79 Å². The standard InChI is InChI=1S/C15H17NO4/c1-10(16-15(17)13-5-4-8-20-13)12-7-6-11(18-2)9-14(12)19-3/h4-10H,1-3H3,(H,16,17). The van der Waals surface area contributed by atoms with Gasteiger partial charge >= 0.3 is 0 Å². The number of furan rings is 1. The Hall–Kier alpha value is -2.43. The number of benzene rings is 1. The van der Waals surface area contributed by atoms with Gasteiger partial charge in [0.05, 0.1) is 26.5 Å². The van der Waals surface area contributed by atoms with Crippen molar-refractivity contribution in [1.82, 2.24) is 5.32 Å². The van der Waals surface area contributed by atoms with Crippen LogP contribution in [0.25, 0.3) is 0 Å². The lowest BCUT2D eigenvalue weighted by atomic mass is 10.1. The molecule has 0 saturated heterocycles. The van der Waals surface area contributed by atoms with E-state index in [-0.39, 0.29) is 17.7 Å². The molecule has 1 atom stereocenters. The van der Waals surface area contributed by atoms with Crippen molar-refractivity contribution < 1.29 is 18.7 Å². The third kappa shape index (κ3) is 2.93. The molecule has 2 aromatic rings. The molecule has 1 amide bonds. The number of carbonyl (C=O) groups excluding carboxylic acids is 1. The molecular formula is C15H17NO4. The van der Waals surface area contributed by atoms with E-state index in [0.29, 0.717) is 11.5 Å². The fraction of sp³-hybridized carbons (Fsp3) is 0.267. The van der Waals surface area contributed by atoms with Crippen molar-refractivity contribution in [3.63, 3.8) is 0 Å². The number of nitrogens with one attached hydrogen (secondary N) is 1. The molecule has 20 heavy (non-hydrogen) atoms. The number of carbonyl (C=O) groups is 1. The second-order valence-corrected chi connectivity index (χ2v) is 4.28. The van der Waals surface area contributed by atoms with Crippen LogP contribution in [0, 0.1) is 0 Å². The van der Waals surface area contributed by atoms with Crippen LogP contribution in [0.4, 0.5) is 0 Å². The summed E-state index contributed by atoms with van der Waals surface area (Å²) in [6.07, 6.45) is 1.47. The van der Waals surface area contributed by atoms with Crippen molar-refractivity contribution in [3.8, 4) is 11.5 Å².